The zero-order valence-electron chi connectivity index (χ0n) is 18.2. The van der Waals surface area contributed by atoms with Crippen LogP contribution < -0.4 is 4.74 Å². The lowest BCUT2D eigenvalue weighted by atomic mass is 9.94. The first-order chi connectivity index (χ1) is 16.1. The molecule has 0 spiro atoms. The SMILES string of the molecule is Cc1cn2c(n1)COc1cc(/C=C3\CCCN4C3=NOC4(CO)c3ccc(F)cc3)ccc1-2. The smallest absolute Gasteiger partial charge is 0.260 e. The van der Waals surface area contributed by atoms with Gasteiger partial charge in [-0.05, 0) is 73.4 Å². The summed E-state index contributed by atoms with van der Waals surface area (Å²) >= 11 is 0. The summed E-state index contributed by atoms with van der Waals surface area (Å²) < 4.78 is 21.5. The summed E-state index contributed by atoms with van der Waals surface area (Å²) in [5.41, 5.74) is 3.48. The summed E-state index contributed by atoms with van der Waals surface area (Å²) in [5, 5.41) is 14.6. The number of amidine groups is 1. The van der Waals surface area contributed by atoms with Crippen LogP contribution in [0.25, 0.3) is 11.8 Å². The molecule has 1 N–H and O–H groups in total. The third kappa shape index (κ3) is 3.13. The summed E-state index contributed by atoms with van der Waals surface area (Å²) in [4.78, 5) is 12.3. The van der Waals surface area contributed by atoms with Gasteiger partial charge < -0.3 is 19.6 Å². The number of nitrogens with zero attached hydrogens (tertiary/aromatic N) is 4. The fourth-order valence-corrected chi connectivity index (χ4v) is 4.84. The van der Waals surface area contributed by atoms with Gasteiger partial charge in [0.1, 0.15) is 24.8 Å². The number of hydrogen-bond donors (Lipinski definition) is 1. The Morgan fingerprint density at radius 1 is 1.21 bits per heavy atom. The molecule has 1 atom stereocenters. The highest BCUT2D eigenvalue weighted by Crippen LogP contribution is 2.40. The molecule has 1 aromatic heterocycles. The van der Waals surface area contributed by atoms with Crippen molar-refractivity contribution >= 4 is 11.9 Å². The van der Waals surface area contributed by atoms with Gasteiger partial charge in [0.15, 0.2) is 11.7 Å². The number of benzene rings is 2. The van der Waals surface area contributed by atoms with Gasteiger partial charge in [0.05, 0.1) is 11.4 Å². The van der Waals surface area contributed by atoms with Crippen LogP contribution in [-0.4, -0.2) is 38.5 Å². The minimum atomic E-state index is -1.14. The van der Waals surface area contributed by atoms with Gasteiger partial charge >= 0.3 is 0 Å². The zero-order valence-corrected chi connectivity index (χ0v) is 18.2. The molecule has 0 saturated carbocycles. The Hall–Kier alpha value is -3.65. The van der Waals surface area contributed by atoms with Crippen molar-refractivity contribution in [3.8, 4) is 11.4 Å². The molecule has 1 saturated heterocycles. The van der Waals surface area contributed by atoms with E-state index in [1.807, 2.05) is 36.2 Å². The average Bonchev–Trinajstić information content (AvgIpc) is 3.41. The maximum atomic E-state index is 13.5. The van der Waals surface area contributed by atoms with E-state index in [0.29, 0.717) is 24.6 Å². The van der Waals surface area contributed by atoms with E-state index in [-0.39, 0.29) is 12.4 Å². The highest BCUT2D eigenvalue weighted by molar-refractivity contribution is 6.03. The fourth-order valence-electron chi connectivity index (χ4n) is 4.84. The Bertz CT molecular complexity index is 1300. The Kier molecular flexibility index (Phi) is 4.51. The largest absolute Gasteiger partial charge is 0.483 e. The zero-order chi connectivity index (χ0) is 22.6. The van der Waals surface area contributed by atoms with E-state index in [4.69, 9.17) is 9.57 Å². The predicted octanol–water partition coefficient (Wildman–Crippen LogP) is 3.88. The predicted molar refractivity (Wildman–Crippen MR) is 120 cm³/mol. The Morgan fingerprint density at radius 2 is 2.06 bits per heavy atom. The summed E-state index contributed by atoms with van der Waals surface area (Å²) in [6.07, 6.45) is 5.83. The number of aryl methyl sites for hydroxylation is 1. The second-order valence-corrected chi connectivity index (χ2v) is 8.56. The Morgan fingerprint density at radius 3 is 2.88 bits per heavy atom. The average molecular weight is 446 g/mol. The number of rotatable bonds is 3. The number of oxime groups is 1. The monoisotopic (exact) mass is 446 g/mol. The molecule has 0 bridgehead atoms. The molecule has 168 valence electrons. The van der Waals surface area contributed by atoms with E-state index < -0.39 is 5.72 Å². The number of aliphatic hydroxyl groups is 1. The molecule has 3 aliphatic heterocycles. The summed E-state index contributed by atoms with van der Waals surface area (Å²) in [6.45, 7) is 2.80. The topological polar surface area (TPSA) is 72.1 Å². The molecule has 4 heterocycles. The molecule has 0 radical (unpaired) electrons. The maximum Gasteiger partial charge on any atom is 0.260 e. The minimum Gasteiger partial charge on any atom is -0.483 e. The van der Waals surface area contributed by atoms with E-state index in [0.717, 1.165) is 46.9 Å². The Labute approximate surface area is 190 Å². The normalized spacial score (nSPS) is 22.2. The van der Waals surface area contributed by atoms with Crippen LogP contribution in [0.4, 0.5) is 4.39 Å². The number of ether oxygens (including phenoxy) is 1. The number of hydrogen-bond acceptors (Lipinski definition) is 6. The highest BCUT2D eigenvalue weighted by Gasteiger charge is 2.49. The number of aromatic nitrogens is 2. The molecular formula is C25H23FN4O3. The van der Waals surface area contributed by atoms with E-state index in [1.54, 1.807) is 12.1 Å². The van der Waals surface area contributed by atoms with Crippen LogP contribution in [-0.2, 0) is 17.2 Å². The molecule has 8 heteroatoms. The van der Waals surface area contributed by atoms with Gasteiger partial charge in [-0.25, -0.2) is 9.37 Å². The maximum absolute atomic E-state index is 13.5. The number of aliphatic hydroxyl groups excluding tert-OH is 1. The van der Waals surface area contributed by atoms with Gasteiger partial charge in [-0.15, -0.1) is 0 Å². The lowest BCUT2D eigenvalue weighted by Crippen LogP contribution is -2.51. The van der Waals surface area contributed by atoms with Crippen LogP contribution in [0.3, 0.4) is 0 Å². The number of piperidine rings is 1. The second-order valence-electron chi connectivity index (χ2n) is 8.56. The van der Waals surface area contributed by atoms with Gasteiger partial charge in [-0.3, -0.25) is 4.57 Å². The van der Waals surface area contributed by atoms with Crippen LogP contribution >= 0.6 is 0 Å². The van der Waals surface area contributed by atoms with Crippen LogP contribution in [0, 0.1) is 12.7 Å². The van der Waals surface area contributed by atoms with Gasteiger partial charge in [0.25, 0.3) is 5.72 Å². The molecule has 3 aromatic rings. The quantitative estimate of drug-likeness (QED) is 0.661. The second kappa shape index (κ2) is 7.45. The summed E-state index contributed by atoms with van der Waals surface area (Å²) in [6, 6.07) is 12.1. The molecule has 7 nitrogen and oxygen atoms in total. The third-order valence-corrected chi connectivity index (χ3v) is 6.44. The molecule has 0 amide bonds. The minimum absolute atomic E-state index is 0.293. The van der Waals surface area contributed by atoms with Crippen LogP contribution in [0.5, 0.6) is 5.75 Å². The van der Waals surface area contributed by atoms with Crippen molar-refractivity contribution in [1.29, 1.82) is 0 Å². The van der Waals surface area contributed by atoms with Crippen molar-refractivity contribution in [3.05, 3.63) is 82.7 Å². The van der Waals surface area contributed by atoms with Crippen LogP contribution in [0.15, 0.2) is 59.4 Å². The first-order valence-electron chi connectivity index (χ1n) is 11.0. The van der Waals surface area contributed by atoms with E-state index >= 15 is 0 Å². The van der Waals surface area contributed by atoms with Gasteiger partial charge in [-0.1, -0.05) is 11.2 Å². The fraction of sp³-hybridized carbons (Fsp3) is 0.280. The van der Waals surface area contributed by atoms with Gasteiger partial charge in [0, 0.05) is 18.3 Å². The molecule has 33 heavy (non-hydrogen) atoms. The molecule has 2 aromatic carbocycles. The first-order valence-corrected chi connectivity index (χ1v) is 11.0. The van der Waals surface area contributed by atoms with Crippen molar-refractivity contribution < 1.29 is 19.1 Å². The van der Waals surface area contributed by atoms with E-state index in [9.17, 15) is 9.50 Å². The van der Waals surface area contributed by atoms with Crippen molar-refractivity contribution in [2.75, 3.05) is 13.2 Å². The number of imidazole rings is 1. The first kappa shape index (κ1) is 20.0. The molecule has 1 unspecified atom stereocenters. The van der Waals surface area contributed by atoms with E-state index in [1.165, 1.54) is 12.1 Å². The standard InChI is InChI=1S/C25H23FN4O3/c1-16-13-29-21-9-4-17(12-22(21)32-14-23(29)27-16)11-18-3-2-10-30-24(18)28-33-25(30,15-31)19-5-7-20(26)8-6-19/h4-9,11-13,31H,2-3,10,14-15H2,1H3/b18-11+. The molecule has 3 aliphatic rings. The molecular weight excluding hydrogens is 423 g/mol. The van der Waals surface area contributed by atoms with Crippen molar-refractivity contribution in [2.24, 2.45) is 5.16 Å². The summed E-state index contributed by atoms with van der Waals surface area (Å²) in [5.74, 6) is 2.07. The highest BCUT2D eigenvalue weighted by atomic mass is 19.1. The molecule has 0 aliphatic carbocycles. The van der Waals surface area contributed by atoms with Gasteiger partial charge in [0.2, 0.25) is 0 Å². The van der Waals surface area contributed by atoms with Gasteiger partial charge in [-0.2, -0.15) is 0 Å². The van der Waals surface area contributed by atoms with E-state index in [2.05, 4.69) is 20.8 Å². The Balaban J connectivity index is 1.33. The van der Waals surface area contributed by atoms with Crippen LogP contribution in [0.1, 0.15) is 35.5 Å². The van der Waals surface area contributed by atoms with Crippen molar-refractivity contribution in [2.45, 2.75) is 32.1 Å². The number of fused-ring (bicyclic) bond motifs is 4. The van der Waals surface area contributed by atoms with Crippen molar-refractivity contribution in [1.82, 2.24) is 14.5 Å². The lowest BCUT2D eigenvalue weighted by molar-refractivity contribution is -0.137. The molecule has 1 fully saturated rings. The third-order valence-electron chi connectivity index (χ3n) is 6.44. The van der Waals surface area contributed by atoms with Crippen LogP contribution in [0.2, 0.25) is 0 Å². The number of halogens is 1. The van der Waals surface area contributed by atoms with Crippen molar-refractivity contribution in [3.63, 3.8) is 0 Å². The molecule has 6 rings (SSSR count). The summed E-state index contributed by atoms with van der Waals surface area (Å²) in [7, 11) is 0. The lowest BCUT2D eigenvalue weighted by Gasteiger charge is -2.38.